The van der Waals surface area contributed by atoms with E-state index in [1.54, 1.807) is 0 Å². The van der Waals surface area contributed by atoms with E-state index in [1.165, 1.54) is 57.8 Å². The van der Waals surface area contributed by atoms with Gasteiger partial charge in [0.05, 0.1) is 6.61 Å². The molecule has 0 aromatic heterocycles. The summed E-state index contributed by atoms with van der Waals surface area (Å²) in [5.74, 6) is -0.443. The van der Waals surface area contributed by atoms with Gasteiger partial charge in [-0.25, -0.2) is 0 Å². The summed E-state index contributed by atoms with van der Waals surface area (Å²) in [6.07, 6.45) is 67.0. The molecule has 0 radical (unpaired) electrons. The number of rotatable bonds is 44. The molecular weight excluding hydrogens is 741 g/mol. The Hall–Kier alpha value is -3.18. The van der Waals surface area contributed by atoms with Crippen LogP contribution in [0.3, 0.4) is 0 Å². The molecule has 0 rings (SSSR count). The van der Waals surface area contributed by atoms with E-state index in [1.807, 2.05) is 0 Å². The molecule has 1 atom stereocenters. The van der Waals surface area contributed by atoms with Crippen LogP contribution in [0.4, 0.5) is 0 Å². The largest absolute Gasteiger partial charge is 0.462 e. The summed E-state index contributed by atoms with van der Waals surface area (Å²) in [5, 5.41) is 0. The smallest absolute Gasteiger partial charge is 0.306 e. The van der Waals surface area contributed by atoms with Gasteiger partial charge in [0, 0.05) is 19.4 Å². The lowest BCUT2D eigenvalue weighted by Crippen LogP contribution is -2.30. The Balaban J connectivity index is 4.33. The maximum atomic E-state index is 12.7. The Morgan fingerprint density at radius 1 is 0.383 bits per heavy atom. The van der Waals surface area contributed by atoms with Crippen molar-refractivity contribution in [2.45, 2.75) is 219 Å². The topological polar surface area (TPSA) is 61.8 Å². The quantitative estimate of drug-likeness (QED) is 0.0348. The third-order valence-electron chi connectivity index (χ3n) is 10.1. The fourth-order valence-corrected chi connectivity index (χ4v) is 6.44. The number of carbonyl (C=O) groups is 2. The summed E-state index contributed by atoms with van der Waals surface area (Å²) in [4.78, 5) is 25.3. The Kier molecular flexibility index (Phi) is 47.5. The van der Waals surface area contributed by atoms with E-state index >= 15 is 0 Å². The molecule has 0 aromatic carbocycles. The highest BCUT2D eigenvalue weighted by Gasteiger charge is 2.17. The van der Waals surface area contributed by atoms with Crippen molar-refractivity contribution in [2.75, 3.05) is 19.8 Å². The predicted octanol–water partition coefficient (Wildman–Crippen LogP) is 16.7. The zero-order valence-electron chi connectivity index (χ0n) is 39.2. The molecule has 1 unspecified atom stereocenters. The Labute approximate surface area is 371 Å². The molecule has 0 saturated carbocycles. The molecule has 342 valence electrons. The first-order valence-electron chi connectivity index (χ1n) is 24.8. The van der Waals surface area contributed by atoms with Crippen LogP contribution < -0.4 is 0 Å². The van der Waals surface area contributed by atoms with Crippen molar-refractivity contribution in [3.8, 4) is 0 Å². The maximum Gasteiger partial charge on any atom is 0.306 e. The molecule has 0 bridgehead atoms. The first-order chi connectivity index (χ1) is 29.6. The highest BCUT2D eigenvalue weighted by atomic mass is 16.6. The van der Waals surface area contributed by atoms with Crippen LogP contribution >= 0.6 is 0 Å². The Bertz CT molecular complexity index is 1170. The van der Waals surface area contributed by atoms with Gasteiger partial charge in [0.15, 0.2) is 6.10 Å². The molecule has 0 aliphatic carbocycles. The van der Waals surface area contributed by atoms with Gasteiger partial charge in [-0.15, -0.1) is 0 Å². The molecule has 0 aromatic rings. The van der Waals surface area contributed by atoms with Crippen LogP contribution in [0.1, 0.15) is 213 Å². The van der Waals surface area contributed by atoms with Crippen molar-refractivity contribution in [2.24, 2.45) is 0 Å². The van der Waals surface area contributed by atoms with E-state index in [0.717, 1.165) is 122 Å². The summed E-state index contributed by atoms with van der Waals surface area (Å²) in [5.41, 5.74) is 0. The average molecular weight is 833 g/mol. The van der Waals surface area contributed by atoms with Crippen molar-refractivity contribution in [1.29, 1.82) is 0 Å². The molecule has 60 heavy (non-hydrogen) atoms. The molecule has 0 spiro atoms. The molecule has 5 nitrogen and oxygen atoms in total. The van der Waals surface area contributed by atoms with Crippen LogP contribution in [0.25, 0.3) is 0 Å². The second kappa shape index (κ2) is 50.2. The number of unbranched alkanes of at least 4 members (excludes halogenated alkanes) is 17. The van der Waals surface area contributed by atoms with Crippen molar-refractivity contribution in [3.63, 3.8) is 0 Å². The first kappa shape index (κ1) is 56.8. The average Bonchev–Trinajstić information content (AvgIpc) is 3.25. The van der Waals surface area contributed by atoms with Gasteiger partial charge in [-0.2, -0.15) is 0 Å². The second-order valence-corrected chi connectivity index (χ2v) is 15.9. The van der Waals surface area contributed by atoms with Crippen LogP contribution in [0.5, 0.6) is 0 Å². The number of carbonyl (C=O) groups excluding carboxylic acids is 2. The monoisotopic (exact) mass is 833 g/mol. The van der Waals surface area contributed by atoms with Crippen molar-refractivity contribution >= 4 is 11.9 Å². The zero-order chi connectivity index (χ0) is 43.5. The van der Waals surface area contributed by atoms with Gasteiger partial charge in [-0.05, 0) is 109 Å². The number of hydrogen-bond acceptors (Lipinski definition) is 5. The highest BCUT2D eigenvalue weighted by molar-refractivity contribution is 5.70. The van der Waals surface area contributed by atoms with Gasteiger partial charge in [-0.1, -0.05) is 189 Å². The molecule has 5 heteroatoms. The fourth-order valence-electron chi connectivity index (χ4n) is 6.44. The molecule has 0 aliphatic heterocycles. The summed E-state index contributed by atoms with van der Waals surface area (Å²) >= 11 is 0. The first-order valence-corrected chi connectivity index (χ1v) is 24.8. The third-order valence-corrected chi connectivity index (χ3v) is 10.1. The number of esters is 2. The standard InChI is InChI=1S/C55H92O5/c1-4-7-10-13-16-19-22-24-26-28-29-31-34-36-39-42-45-48-54(56)59-52-53(60-55(57)49-46-43-40-37-33-21-18-15-12-9-6-3)51-58-50-47-44-41-38-35-32-30-27-25-23-20-17-14-11-8-5-2/h7-8,10-11,15-20,24-27,32,35,53H,4-6,9,12-14,21-23,28-31,33-34,36-52H2,1-3H3/b10-7-,11-8-,18-15-,19-16-,20-17-,26-24-,27-25-,35-32-. The molecule has 0 N–H and O–H groups in total. The van der Waals surface area contributed by atoms with Gasteiger partial charge in [0.25, 0.3) is 0 Å². The minimum Gasteiger partial charge on any atom is -0.462 e. The SMILES string of the molecule is CC/C=C\C/C=C\C/C=C\C/C=C\CCCCCOCC(COC(=O)CCCCCCCCC/C=C\C/C=C\C/C=C\CC)OC(=O)CCCCCCC/C=C\CCCC. The van der Waals surface area contributed by atoms with Crippen LogP contribution in [0.2, 0.25) is 0 Å². The van der Waals surface area contributed by atoms with E-state index in [2.05, 4.69) is 118 Å². The van der Waals surface area contributed by atoms with E-state index in [-0.39, 0.29) is 25.2 Å². The van der Waals surface area contributed by atoms with Crippen LogP contribution in [0.15, 0.2) is 97.2 Å². The Morgan fingerprint density at radius 3 is 1.22 bits per heavy atom. The lowest BCUT2D eigenvalue weighted by atomic mass is 10.1. The fraction of sp³-hybridized carbons (Fsp3) is 0.673. The van der Waals surface area contributed by atoms with E-state index in [0.29, 0.717) is 19.4 Å². The summed E-state index contributed by atoms with van der Waals surface area (Å²) in [6, 6.07) is 0. The normalized spacial score (nSPS) is 13.1. The van der Waals surface area contributed by atoms with E-state index in [4.69, 9.17) is 14.2 Å². The highest BCUT2D eigenvalue weighted by Crippen LogP contribution is 2.13. The van der Waals surface area contributed by atoms with Gasteiger partial charge >= 0.3 is 11.9 Å². The zero-order valence-corrected chi connectivity index (χ0v) is 39.2. The molecular formula is C55H92O5. The third kappa shape index (κ3) is 47.5. The van der Waals surface area contributed by atoms with Crippen molar-refractivity contribution in [3.05, 3.63) is 97.2 Å². The molecule has 0 heterocycles. The summed E-state index contributed by atoms with van der Waals surface area (Å²) < 4.78 is 17.3. The molecule has 0 saturated heterocycles. The van der Waals surface area contributed by atoms with E-state index < -0.39 is 6.10 Å². The molecule has 0 aliphatic rings. The maximum absolute atomic E-state index is 12.7. The number of ether oxygens (including phenoxy) is 3. The predicted molar refractivity (Wildman–Crippen MR) is 260 cm³/mol. The minimum atomic E-state index is -0.565. The second-order valence-electron chi connectivity index (χ2n) is 15.9. The lowest BCUT2D eigenvalue weighted by Gasteiger charge is -2.18. The van der Waals surface area contributed by atoms with Crippen LogP contribution in [0, 0.1) is 0 Å². The van der Waals surface area contributed by atoms with Crippen LogP contribution in [-0.2, 0) is 23.8 Å². The minimum absolute atomic E-state index is 0.0587. The van der Waals surface area contributed by atoms with Crippen molar-refractivity contribution < 1.29 is 23.8 Å². The van der Waals surface area contributed by atoms with Crippen molar-refractivity contribution in [1.82, 2.24) is 0 Å². The summed E-state index contributed by atoms with van der Waals surface area (Å²) in [6.45, 7) is 7.47. The van der Waals surface area contributed by atoms with E-state index in [9.17, 15) is 9.59 Å². The van der Waals surface area contributed by atoms with Crippen LogP contribution in [-0.4, -0.2) is 37.9 Å². The number of hydrogen-bond donors (Lipinski definition) is 0. The Morgan fingerprint density at radius 2 is 0.750 bits per heavy atom. The summed E-state index contributed by atoms with van der Waals surface area (Å²) in [7, 11) is 0. The van der Waals surface area contributed by atoms with Gasteiger partial charge in [0.1, 0.15) is 6.61 Å². The number of allylic oxidation sites excluding steroid dienone is 16. The molecule has 0 fully saturated rings. The van der Waals surface area contributed by atoms with Gasteiger partial charge in [-0.3, -0.25) is 9.59 Å². The molecule has 0 amide bonds. The van der Waals surface area contributed by atoms with Gasteiger partial charge < -0.3 is 14.2 Å². The lowest BCUT2D eigenvalue weighted by molar-refractivity contribution is -0.163. The van der Waals surface area contributed by atoms with Gasteiger partial charge in [0.2, 0.25) is 0 Å².